The zero-order chi connectivity index (χ0) is 10.1. The van der Waals surface area contributed by atoms with Crippen LogP contribution in [0.4, 0.5) is 0 Å². The molecular formula is C11H25NS. The number of hydrogen-bond acceptors (Lipinski definition) is 2. The fourth-order valence-corrected chi connectivity index (χ4v) is 2.35. The van der Waals surface area contributed by atoms with Crippen LogP contribution in [-0.2, 0) is 0 Å². The number of nitrogens with one attached hydrogen (secondary N) is 1. The first-order valence-corrected chi connectivity index (χ1v) is 6.51. The SMILES string of the molecule is CCCCNCC(C)SC(C)CC. The van der Waals surface area contributed by atoms with Gasteiger partial charge in [-0.2, -0.15) is 11.8 Å². The Bertz CT molecular complexity index is 106. The first-order valence-electron chi connectivity index (χ1n) is 5.56. The molecule has 0 saturated carbocycles. The first-order chi connectivity index (χ1) is 6.20. The van der Waals surface area contributed by atoms with Gasteiger partial charge in [0.05, 0.1) is 0 Å². The number of hydrogen-bond donors (Lipinski definition) is 1. The zero-order valence-corrected chi connectivity index (χ0v) is 10.4. The van der Waals surface area contributed by atoms with E-state index in [0.29, 0.717) is 0 Å². The Kier molecular flexibility index (Phi) is 9.10. The van der Waals surface area contributed by atoms with Gasteiger partial charge in [0.1, 0.15) is 0 Å². The maximum Gasteiger partial charge on any atom is 0.0146 e. The molecule has 0 aliphatic rings. The van der Waals surface area contributed by atoms with Crippen molar-refractivity contribution in [1.82, 2.24) is 5.32 Å². The highest BCUT2D eigenvalue weighted by atomic mass is 32.2. The average Bonchev–Trinajstić information content (AvgIpc) is 2.12. The van der Waals surface area contributed by atoms with Crippen LogP contribution in [0.25, 0.3) is 0 Å². The number of unbranched alkanes of at least 4 members (excludes halogenated alkanes) is 1. The van der Waals surface area contributed by atoms with Crippen LogP contribution in [0.1, 0.15) is 47.0 Å². The fourth-order valence-electron chi connectivity index (χ4n) is 1.15. The Balaban J connectivity index is 3.24. The average molecular weight is 203 g/mol. The zero-order valence-electron chi connectivity index (χ0n) is 9.60. The van der Waals surface area contributed by atoms with E-state index in [1.165, 1.54) is 25.8 Å². The van der Waals surface area contributed by atoms with Crippen molar-refractivity contribution in [2.75, 3.05) is 13.1 Å². The summed E-state index contributed by atoms with van der Waals surface area (Å²) in [4.78, 5) is 0. The van der Waals surface area contributed by atoms with Gasteiger partial charge in [-0.1, -0.05) is 34.1 Å². The van der Waals surface area contributed by atoms with Crippen molar-refractivity contribution in [3.8, 4) is 0 Å². The lowest BCUT2D eigenvalue weighted by Crippen LogP contribution is -2.24. The Hall–Kier alpha value is 0.310. The van der Waals surface area contributed by atoms with Gasteiger partial charge in [0.25, 0.3) is 0 Å². The third-order valence-corrected chi connectivity index (χ3v) is 3.61. The third-order valence-electron chi connectivity index (χ3n) is 2.18. The molecule has 1 N–H and O–H groups in total. The molecule has 0 fully saturated rings. The second-order valence-corrected chi connectivity index (χ2v) is 5.60. The molecule has 0 rings (SSSR count). The molecule has 0 aromatic heterocycles. The molecule has 1 nitrogen and oxygen atoms in total. The highest BCUT2D eigenvalue weighted by Gasteiger charge is 2.06. The van der Waals surface area contributed by atoms with Gasteiger partial charge in [0, 0.05) is 17.0 Å². The Morgan fingerprint density at radius 1 is 1.15 bits per heavy atom. The summed E-state index contributed by atoms with van der Waals surface area (Å²) in [6.45, 7) is 11.5. The predicted octanol–water partition coefficient (Wildman–Crippen LogP) is 3.30. The summed E-state index contributed by atoms with van der Waals surface area (Å²) in [7, 11) is 0. The lowest BCUT2D eigenvalue weighted by Gasteiger charge is -2.16. The second kappa shape index (κ2) is 8.89. The van der Waals surface area contributed by atoms with Crippen LogP contribution in [-0.4, -0.2) is 23.6 Å². The Labute approximate surface area is 88.1 Å². The minimum absolute atomic E-state index is 0.756. The molecule has 0 aromatic rings. The molecule has 0 heterocycles. The molecule has 0 spiro atoms. The van der Waals surface area contributed by atoms with Crippen molar-refractivity contribution in [3.05, 3.63) is 0 Å². The lowest BCUT2D eigenvalue weighted by molar-refractivity contribution is 0.637. The van der Waals surface area contributed by atoms with Crippen molar-refractivity contribution in [1.29, 1.82) is 0 Å². The molecule has 2 unspecified atom stereocenters. The quantitative estimate of drug-likeness (QED) is 0.608. The molecular weight excluding hydrogens is 178 g/mol. The Morgan fingerprint density at radius 2 is 1.85 bits per heavy atom. The van der Waals surface area contributed by atoms with Gasteiger partial charge in [-0.25, -0.2) is 0 Å². The van der Waals surface area contributed by atoms with E-state index >= 15 is 0 Å². The van der Waals surface area contributed by atoms with E-state index in [-0.39, 0.29) is 0 Å². The summed E-state index contributed by atoms with van der Waals surface area (Å²) >= 11 is 2.10. The van der Waals surface area contributed by atoms with E-state index in [2.05, 4.69) is 44.8 Å². The molecule has 0 bridgehead atoms. The van der Waals surface area contributed by atoms with Gasteiger partial charge in [-0.3, -0.25) is 0 Å². The minimum atomic E-state index is 0.756. The van der Waals surface area contributed by atoms with Gasteiger partial charge in [-0.15, -0.1) is 0 Å². The largest absolute Gasteiger partial charge is 0.316 e. The summed E-state index contributed by atoms with van der Waals surface area (Å²) in [5, 5.41) is 5.06. The smallest absolute Gasteiger partial charge is 0.0146 e. The normalized spacial score (nSPS) is 15.7. The van der Waals surface area contributed by atoms with Crippen LogP contribution in [0.15, 0.2) is 0 Å². The monoisotopic (exact) mass is 203 g/mol. The molecule has 0 aliphatic carbocycles. The van der Waals surface area contributed by atoms with Gasteiger partial charge < -0.3 is 5.32 Å². The minimum Gasteiger partial charge on any atom is -0.316 e. The van der Waals surface area contributed by atoms with E-state index in [1.54, 1.807) is 0 Å². The van der Waals surface area contributed by atoms with E-state index in [0.717, 1.165) is 17.0 Å². The van der Waals surface area contributed by atoms with E-state index < -0.39 is 0 Å². The Morgan fingerprint density at radius 3 is 2.38 bits per heavy atom. The van der Waals surface area contributed by atoms with Crippen LogP contribution in [0, 0.1) is 0 Å². The van der Waals surface area contributed by atoms with Crippen LogP contribution in [0.2, 0.25) is 0 Å². The van der Waals surface area contributed by atoms with Crippen molar-refractivity contribution < 1.29 is 0 Å². The summed E-state index contributed by atoms with van der Waals surface area (Å²) < 4.78 is 0. The third kappa shape index (κ3) is 8.63. The van der Waals surface area contributed by atoms with Gasteiger partial charge >= 0.3 is 0 Å². The first kappa shape index (κ1) is 13.3. The van der Waals surface area contributed by atoms with Crippen LogP contribution in [0.5, 0.6) is 0 Å². The van der Waals surface area contributed by atoms with Gasteiger partial charge in [-0.05, 0) is 19.4 Å². The molecule has 2 atom stereocenters. The second-order valence-electron chi connectivity index (χ2n) is 3.72. The van der Waals surface area contributed by atoms with Crippen molar-refractivity contribution in [3.63, 3.8) is 0 Å². The van der Waals surface area contributed by atoms with Crippen LogP contribution < -0.4 is 5.32 Å². The summed E-state index contributed by atoms with van der Waals surface area (Å²) in [5.41, 5.74) is 0. The highest BCUT2D eigenvalue weighted by molar-refractivity contribution is 8.00. The molecule has 0 aromatic carbocycles. The molecule has 0 saturated heterocycles. The van der Waals surface area contributed by atoms with Gasteiger partial charge in [0.15, 0.2) is 0 Å². The van der Waals surface area contributed by atoms with Crippen LogP contribution >= 0.6 is 11.8 Å². The van der Waals surface area contributed by atoms with E-state index in [4.69, 9.17) is 0 Å². The van der Waals surface area contributed by atoms with Crippen molar-refractivity contribution in [2.24, 2.45) is 0 Å². The van der Waals surface area contributed by atoms with Crippen LogP contribution in [0.3, 0.4) is 0 Å². The summed E-state index contributed by atoms with van der Waals surface area (Å²) in [6.07, 6.45) is 3.88. The lowest BCUT2D eigenvalue weighted by atomic mass is 10.3. The molecule has 13 heavy (non-hydrogen) atoms. The summed E-state index contributed by atoms with van der Waals surface area (Å²) in [6, 6.07) is 0. The maximum atomic E-state index is 3.49. The summed E-state index contributed by atoms with van der Waals surface area (Å²) in [5.74, 6) is 0. The molecule has 0 radical (unpaired) electrons. The highest BCUT2D eigenvalue weighted by Crippen LogP contribution is 2.18. The number of rotatable bonds is 8. The fraction of sp³-hybridized carbons (Fsp3) is 1.00. The molecule has 0 aliphatic heterocycles. The molecule has 0 amide bonds. The molecule has 2 heteroatoms. The van der Waals surface area contributed by atoms with Gasteiger partial charge in [0.2, 0.25) is 0 Å². The predicted molar refractivity (Wildman–Crippen MR) is 64.6 cm³/mol. The maximum absolute atomic E-state index is 3.49. The standard InChI is InChI=1S/C11H25NS/c1-5-7-8-12-9-11(4)13-10(3)6-2/h10-12H,5-9H2,1-4H3. The molecule has 80 valence electrons. The topological polar surface area (TPSA) is 12.0 Å². The van der Waals surface area contributed by atoms with E-state index in [9.17, 15) is 0 Å². The van der Waals surface area contributed by atoms with E-state index in [1.807, 2.05) is 0 Å². The van der Waals surface area contributed by atoms with Crippen molar-refractivity contribution >= 4 is 11.8 Å². The number of thioether (sulfide) groups is 1. The van der Waals surface area contributed by atoms with Crippen molar-refractivity contribution in [2.45, 2.75) is 57.5 Å².